The van der Waals surface area contributed by atoms with Crippen LogP contribution >= 0.6 is 0 Å². The largest absolute Gasteiger partial charge is 0.267 e. The highest BCUT2D eigenvalue weighted by Crippen LogP contribution is 2.21. The van der Waals surface area contributed by atoms with E-state index in [1.54, 1.807) is 0 Å². The maximum atomic E-state index is 11.4. The van der Waals surface area contributed by atoms with Crippen molar-refractivity contribution in [3.63, 3.8) is 0 Å². The molecule has 1 unspecified atom stereocenters. The third-order valence-electron chi connectivity index (χ3n) is 5.58. The van der Waals surface area contributed by atoms with E-state index < -0.39 is 10.1 Å². The van der Waals surface area contributed by atoms with Crippen LogP contribution in [0.15, 0.2) is 0 Å². The first-order valence-electron chi connectivity index (χ1n) is 11.5. The van der Waals surface area contributed by atoms with E-state index in [1.807, 2.05) is 0 Å². The van der Waals surface area contributed by atoms with Crippen molar-refractivity contribution in [3.8, 4) is 0 Å². The van der Waals surface area contributed by atoms with Gasteiger partial charge in [0.2, 0.25) is 0 Å². The third-order valence-corrected chi connectivity index (χ3v) is 6.94. The summed E-state index contributed by atoms with van der Waals surface area (Å²) in [4.78, 5) is 0. The molecule has 1 saturated heterocycles. The summed E-state index contributed by atoms with van der Waals surface area (Å²) in [5.74, 6) is 0.211. The standard InChI is InChI=1S/C22H44O3S/c1-2-3-4-5-6-7-8-9-10-11-12-13-14-15-16-17-19-22-20-18-21-26(23,24)25-22/h22H,2-21H2,1H3. The molecule has 1 atom stereocenters. The van der Waals surface area contributed by atoms with Crippen LogP contribution in [0.1, 0.15) is 129 Å². The Morgan fingerprint density at radius 2 is 1.12 bits per heavy atom. The smallest absolute Gasteiger partial charge is 0.267 e. The minimum atomic E-state index is -3.20. The number of hydrogen-bond acceptors (Lipinski definition) is 3. The second kappa shape index (κ2) is 15.9. The Bertz CT molecular complexity index is 406. The molecule has 0 aromatic heterocycles. The minimum Gasteiger partial charge on any atom is -0.267 e. The van der Waals surface area contributed by atoms with Crippen LogP contribution in [0.25, 0.3) is 0 Å². The Labute approximate surface area is 163 Å². The van der Waals surface area contributed by atoms with Crippen LogP contribution in [0.4, 0.5) is 0 Å². The van der Waals surface area contributed by atoms with Crippen LogP contribution in [0.2, 0.25) is 0 Å². The molecular formula is C22H44O3S. The molecule has 4 heteroatoms. The number of unbranched alkanes of at least 4 members (excludes halogenated alkanes) is 15. The molecule has 0 amide bonds. The van der Waals surface area contributed by atoms with Crippen LogP contribution in [0, 0.1) is 0 Å². The Morgan fingerprint density at radius 3 is 1.54 bits per heavy atom. The summed E-state index contributed by atoms with van der Waals surface area (Å²) in [7, 11) is -3.20. The first-order valence-corrected chi connectivity index (χ1v) is 13.1. The van der Waals surface area contributed by atoms with Gasteiger partial charge in [0.1, 0.15) is 0 Å². The van der Waals surface area contributed by atoms with E-state index >= 15 is 0 Å². The Morgan fingerprint density at radius 1 is 0.692 bits per heavy atom. The lowest BCUT2D eigenvalue weighted by Gasteiger charge is -2.21. The summed E-state index contributed by atoms with van der Waals surface area (Å²) in [6.45, 7) is 2.28. The molecule has 1 aliphatic heterocycles. The molecule has 0 spiro atoms. The number of rotatable bonds is 17. The zero-order chi connectivity index (χ0) is 18.9. The third kappa shape index (κ3) is 14.0. The fourth-order valence-electron chi connectivity index (χ4n) is 3.90. The van der Waals surface area contributed by atoms with Crippen molar-refractivity contribution < 1.29 is 12.6 Å². The van der Waals surface area contributed by atoms with Crippen molar-refractivity contribution in [2.24, 2.45) is 0 Å². The van der Waals surface area contributed by atoms with E-state index in [-0.39, 0.29) is 11.9 Å². The van der Waals surface area contributed by atoms with E-state index in [0.717, 1.165) is 25.7 Å². The molecule has 156 valence electrons. The van der Waals surface area contributed by atoms with Gasteiger partial charge < -0.3 is 0 Å². The fourth-order valence-corrected chi connectivity index (χ4v) is 5.13. The Balaban J connectivity index is 1.75. The molecule has 1 aliphatic rings. The second-order valence-corrected chi connectivity index (χ2v) is 9.93. The van der Waals surface area contributed by atoms with Gasteiger partial charge in [0.15, 0.2) is 0 Å². The molecule has 0 saturated carbocycles. The van der Waals surface area contributed by atoms with E-state index in [0.29, 0.717) is 0 Å². The predicted molar refractivity (Wildman–Crippen MR) is 112 cm³/mol. The Hall–Kier alpha value is -0.0900. The lowest BCUT2D eigenvalue weighted by Crippen LogP contribution is -2.26. The molecule has 26 heavy (non-hydrogen) atoms. The lowest BCUT2D eigenvalue weighted by molar-refractivity contribution is 0.169. The molecule has 1 heterocycles. The summed E-state index contributed by atoms with van der Waals surface area (Å²) in [5, 5.41) is 0. The summed E-state index contributed by atoms with van der Waals surface area (Å²) in [6.07, 6.45) is 24.5. The van der Waals surface area contributed by atoms with Crippen LogP contribution < -0.4 is 0 Å². The number of hydrogen-bond donors (Lipinski definition) is 0. The highest BCUT2D eigenvalue weighted by molar-refractivity contribution is 7.86. The van der Waals surface area contributed by atoms with Crippen LogP contribution in [-0.4, -0.2) is 20.3 Å². The topological polar surface area (TPSA) is 43.4 Å². The molecule has 0 aromatic rings. The monoisotopic (exact) mass is 388 g/mol. The quantitative estimate of drug-likeness (QED) is 0.196. The molecule has 0 radical (unpaired) electrons. The minimum absolute atomic E-state index is 0.0413. The first-order chi connectivity index (χ1) is 12.6. The van der Waals surface area contributed by atoms with Gasteiger partial charge in [-0.3, -0.25) is 4.18 Å². The average molecular weight is 389 g/mol. The molecule has 1 rings (SSSR count). The van der Waals surface area contributed by atoms with Gasteiger partial charge in [-0.2, -0.15) is 8.42 Å². The van der Waals surface area contributed by atoms with Crippen LogP contribution in [0.3, 0.4) is 0 Å². The van der Waals surface area contributed by atoms with Gasteiger partial charge in [-0.1, -0.05) is 110 Å². The summed E-state index contributed by atoms with van der Waals surface area (Å²) in [5.41, 5.74) is 0. The summed E-state index contributed by atoms with van der Waals surface area (Å²) >= 11 is 0. The van der Waals surface area contributed by atoms with Crippen molar-refractivity contribution in [1.82, 2.24) is 0 Å². The Kier molecular flexibility index (Phi) is 14.7. The van der Waals surface area contributed by atoms with Crippen molar-refractivity contribution >= 4 is 10.1 Å². The zero-order valence-electron chi connectivity index (χ0n) is 17.4. The van der Waals surface area contributed by atoms with E-state index in [1.165, 1.54) is 96.3 Å². The maximum Gasteiger partial charge on any atom is 0.267 e. The van der Waals surface area contributed by atoms with Gasteiger partial charge in [-0.25, -0.2) is 0 Å². The molecule has 0 bridgehead atoms. The van der Waals surface area contributed by atoms with Crippen molar-refractivity contribution in [3.05, 3.63) is 0 Å². The highest BCUT2D eigenvalue weighted by Gasteiger charge is 2.24. The first kappa shape index (κ1) is 23.9. The fraction of sp³-hybridized carbons (Fsp3) is 1.00. The van der Waals surface area contributed by atoms with Crippen molar-refractivity contribution in [2.75, 3.05) is 5.75 Å². The van der Waals surface area contributed by atoms with E-state index in [2.05, 4.69) is 6.92 Å². The van der Waals surface area contributed by atoms with E-state index in [4.69, 9.17) is 4.18 Å². The second-order valence-electron chi connectivity index (χ2n) is 8.21. The van der Waals surface area contributed by atoms with Gasteiger partial charge in [-0.05, 0) is 19.3 Å². The van der Waals surface area contributed by atoms with Crippen LogP contribution in [0.5, 0.6) is 0 Å². The van der Waals surface area contributed by atoms with Gasteiger partial charge in [0.25, 0.3) is 10.1 Å². The molecule has 0 aromatic carbocycles. The zero-order valence-corrected chi connectivity index (χ0v) is 18.2. The van der Waals surface area contributed by atoms with Crippen molar-refractivity contribution in [2.45, 2.75) is 135 Å². The predicted octanol–water partition coefficient (Wildman–Crippen LogP) is 7.15. The van der Waals surface area contributed by atoms with Crippen molar-refractivity contribution in [1.29, 1.82) is 0 Å². The van der Waals surface area contributed by atoms with Gasteiger partial charge in [-0.15, -0.1) is 0 Å². The van der Waals surface area contributed by atoms with Gasteiger partial charge in [0, 0.05) is 0 Å². The average Bonchev–Trinajstić information content (AvgIpc) is 2.60. The normalized spacial score (nSPS) is 19.7. The highest BCUT2D eigenvalue weighted by atomic mass is 32.2. The maximum absolute atomic E-state index is 11.4. The summed E-state index contributed by atoms with van der Waals surface area (Å²) in [6, 6.07) is 0. The molecule has 0 N–H and O–H groups in total. The molecule has 3 nitrogen and oxygen atoms in total. The molecular weight excluding hydrogens is 344 g/mol. The molecule has 0 aliphatic carbocycles. The van der Waals surface area contributed by atoms with Gasteiger partial charge in [0.05, 0.1) is 11.9 Å². The summed E-state index contributed by atoms with van der Waals surface area (Å²) < 4.78 is 28.0. The van der Waals surface area contributed by atoms with Gasteiger partial charge >= 0.3 is 0 Å². The van der Waals surface area contributed by atoms with E-state index in [9.17, 15) is 8.42 Å². The van der Waals surface area contributed by atoms with Crippen LogP contribution in [-0.2, 0) is 14.3 Å². The lowest BCUT2D eigenvalue weighted by atomic mass is 10.0. The SMILES string of the molecule is CCCCCCCCCCCCCCCCCCC1CCCS(=O)(=O)O1. The molecule has 1 fully saturated rings.